The number of primary amides is 1. The fourth-order valence-corrected chi connectivity index (χ4v) is 5.79. The fourth-order valence-electron chi connectivity index (χ4n) is 5.79. The van der Waals surface area contributed by atoms with Gasteiger partial charge in [-0.05, 0) is 48.6 Å². The van der Waals surface area contributed by atoms with Gasteiger partial charge in [-0.2, -0.15) is 0 Å². The molecule has 192 valence electrons. The molecule has 0 bridgehead atoms. The summed E-state index contributed by atoms with van der Waals surface area (Å²) >= 11 is 0. The Morgan fingerprint density at radius 1 is 1.14 bits per heavy atom. The van der Waals surface area contributed by atoms with Crippen LogP contribution >= 0.6 is 0 Å². The van der Waals surface area contributed by atoms with Crippen LogP contribution < -0.4 is 11.1 Å². The van der Waals surface area contributed by atoms with Crippen LogP contribution in [-0.2, 0) is 11.3 Å². The monoisotopic (exact) mass is 480 g/mol. The molecule has 1 aromatic heterocycles. The van der Waals surface area contributed by atoms with Gasteiger partial charge in [-0.3, -0.25) is 14.6 Å². The van der Waals surface area contributed by atoms with E-state index in [4.69, 9.17) is 15.7 Å². The van der Waals surface area contributed by atoms with Gasteiger partial charge >= 0.3 is 0 Å². The minimum absolute atomic E-state index is 0.0656. The predicted molar refractivity (Wildman–Crippen MR) is 143 cm³/mol. The molecule has 4 rings (SSSR count). The van der Waals surface area contributed by atoms with Crippen LogP contribution in [0.4, 0.5) is 5.82 Å². The SMILES string of the molecule is CCC(C)(C)C1CCC(N2CCN(Cc3nc(N[C@H](C(N)=O)C(C)C)c4ccccc4n3)CC2)C1. The Morgan fingerprint density at radius 3 is 2.51 bits per heavy atom. The summed E-state index contributed by atoms with van der Waals surface area (Å²) < 4.78 is 0. The summed E-state index contributed by atoms with van der Waals surface area (Å²) in [5.74, 6) is 2.03. The number of aromatic nitrogens is 2. The lowest BCUT2D eigenvalue weighted by molar-refractivity contribution is -0.119. The maximum Gasteiger partial charge on any atom is 0.240 e. The van der Waals surface area contributed by atoms with E-state index < -0.39 is 6.04 Å². The van der Waals surface area contributed by atoms with Crippen molar-refractivity contribution in [1.82, 2.24) is 19.8 Å². The van der Waals surface area contributed by atoms with Gasteiger partial charge in [0.25, 0.3) is 0 Å². The molecule has 1 saturated carbocycles. The van der Waals surface area contributed by atoms with Gasteiger partial charge in [0.1, 0.15) is 17.7 Å². The molecule has 35 heavy (non-hydrogen) atoms. The molecule has 3 N–H and O–H groups in total. The zero-order valence-electron chi connectivity index (χ0n) is 22.3. The van der Waals surface area contributed by atoms with Crippen LogP contribution in [0.3, 0.4) is 0 Å². The zero-order chi connectivity index (χ0) is 25.2. The number of para-hydroxylation sites is 1. The highest BCUT2D eigenvalue weighted by Gasteiger charge is 2.37. The minimum Gasteiger partial charge on any atom is -0.368 e. The Morgan fingerprint density at radius 2 is 1.86 bits per heavy atom. The first kappa shape index (κ1) is 25.8. The van der Waals surface area contributed by atoms with E-state index in [1.54, 1.807) is 0 Å². The van der Waals surface area contributed by atoms with Crippen molar-refractivity contribution in [3.05, 3.63) is 30.1 Å². The Kier molecular flexibility index (Phi) is 7.96. The van der Waals surface area contributed by atoms with Gasteiger partial charge in [-0.15, -0.1) is 0 Å². The van der Waals surface area contributed by atoms with Crippen LogP contribution in [0, 0.1) is 17.3 Å². The lowest BCUT2D eigenvalue weighted by Crippen LogP contribution is -2.49. The molecule has 3 atom stereocenters. The molecule has 7 heteroatoms. The molecule has 0 spiro atoms. The van der Waals surface area contributed by atoms with Gasteiger partial charge in [-0.25, -0.2) is 9.97 Å². The van der Waals surface area contributed by atoms with E-state index in [2.05, 4.69) is 35.9 Å². The number of nitrogens with zero attached hydrogens (tertiary/aromatic N) is 4. The summed E-state index contributed by atoms with van der Waals surface area (Å²) in [5, 5.41) is 4.23. The molecule has 0 radical (unpaired) electrons. The van der Waals surface area contributed by atoms with Gasteiger partial charge < -0.3 is 11.1 Å². The van der Waals surface area contributed by atoms with Crippen LogP contribution in [0.5, 0.6) is 0 Å². The molecule has 2 unspecified atom stereocenters. The van der Waals surface area contributed by atoms with Crippen LogP contribution in [-0.4, -0.2) is 63.9 Å². The van der Waals surface area contributed by atoms with Crippen molar-refractivity contribution in [3.63, 3.8) is 0 Å². The smallest absolute Gasteiger partial charge is 0.240 e. The topological polar surface area (TPSA) is 87.4 Å². The van der Waals surface area contributed by atoms with Gasteiger partial charge in [0.15, 0.2) is 0 Å². The average molecular weight is 481 g/mol. The number of carbonyl (C=O) groups excluding carboxylic acids is 1. The second-order valence-electron chi connectivity index (χ2n) is 11.6. The first-order valence-electron chi connectivity index (χ1n) is 13.5. The largest absolute Gasteiger partial charge is 0.368 e. The number of nitrogens with one attached hydrogen (secondary N) is 1. The molecule has 1 saturated heterocycles. The van der Waals surface area contributed by atoms with E-state index >= 15 is 0 Å². The summed E-state index contributed by atoms with van der Waals surface area (Å²) in [5.41, 5.74) is 7.01. The van der Waals surface area contributed by atoms with Crippen molar-refractivity contribution in [1.29, 1.82) is 0 Å². The fraction of sp³-hybridized carbons (Fsp3) is 0.679. The lowest BCUT2D eigenvalue weighted by Gasteiger charge is -2.38. The second kappa shape index (κ2) is 10.8. The lowest BCUT2D eigenvalue weighted by atomic mass is 9.76. The Labute approximate surface area is 210 Å². The predicted octanol–water partition coefficient (Wildman–Crippen LogP) is 4.27. The van der Waals surface area contributed by atoms with Crippen molar-refractivity contribution in [2.75, 3.05) is 31.5 Å². The summed E-state index contributed by atoms with van der Waals surface area (Å²) in [7, 11) is 0. The van der Waals surface area contributed by atoms with Crippen LogP contribution in [0.2, 0.25) is 0 Å². The zero-order valence-corrected chi connectivity index (χ0v) is 22.3. The summed E-state index contributed by atoms with van der Waals surface area (Å²) in [6.07, 6.45) is 5.32. The number of anilines is 1. The standard InChI is InChI=1S/C28H44N6O/c1-6-28(4,5)20-11-12-21(17-20)34-15-13-33(14-16-34)18-24-30-23-10-8-7-9-22(23)27(31-24)32-25(19(2)3)26(29)35/h7-10,19-21,25H,6,11-18H2,1-5H3,(H2,29,35)(H,30,31,32)/t20?,21?,25-/m0/s1. The van der Waals surface area contributed by atoms with Crippen molar-refractivity contribution in [2.45, 2.75) is 78.9 Å². The number of rotatable bonds is 9. The molecule has 2 heterocycles. The molecular formula is C28H44N6O. The number of piperazine rings is 1. The first-order chi connectivity index (χ1) is 16.7. The Bertz CT molecular complexity index is 1010. The highest BCUT2D eigenvalue weighted by molar-refractivity contribution is 5.91. The van der Waals surface area contributed by atoms with Gasteiger partial charge in [-0.1, -0.05) is 53.2 Å². The summed E-state index contributed by atoms with van der Waals surface area (Å²) in [4.78, 5) is 26.9. The number of amides is 1. The molecular weight excluding hydrogens is 436 g/mol. The third-order valence-electron chi connectivity index (χ3n) is 8.62. The molecule has 1 aliphatic heterocycles. The Hall–Kier alpha value is -2.25. The van der Waals surface area contributed by atoms with Crippen molar-refractivity contribution in [2.24, 2.45) is 23.0 Å². The number of carbonyl (C=O) groups is 1. The van der Waals surface area contributed by atoms with Crippen molar-refractivity contribution < 1.29 is 4.79 Å². The molecule has 1 aliphatic carbocycles. The quantitative estimate of drug-likeness (QED) is 0.557. The minimum atomic E-state index is -0.474. The van der Waals surface area contributed by atoms with Crippen LogP contribution in [0.25, 0.3) is 10.9 Å². The van der Waals surface area contributed by atoms with E-state index in [0.717, 1.165) is 54.9 Å². The van der Waals surface area contributed by atoms with E-state index in [0.29, 0.717) is 17.8 Å². The summed E-state index contributed by atoms with van der Waals surface area (Å²) in [6.45, 7) is 16.2. The highest BCUT2D eigenvalue weighted by Crippen LogP contribution is 2.43. The summed E-state index contributed by atoms with van der Waals surface area (Å²) in [6, 6.07) is 8.23. The average Bonchev–Trinajstić information content (AvgIpc) is 3.34. The second-order valence-corrected chi connectivity index (χ2v) is 11.6. The van der Waals surface area contributed by atoms with E-state index in [1.807, 2.05) is 38.1 Å². The van der Waals surface area contributed by atoms with E-state index in [9.17, 15) is 4.79 Å². The normalized spacial score (nSPS) is 23.1. The number of nitrogens with two attached hydrogens (primary N) is 1. The molecule has 7 nitrogen and oxygen atoms in total. The van der Waals surface area contributed by atoms with E-state index in [-0.39, 0.29) is 11.8 Å². The molecule has 2 fully saturated rings. The maximum absolute atomic E-state index is 12.0. The van der Waals surface area contributed by atoms with Gasteiger partial charge in [0, 0.05) is 37.6 Å². The molecule has 1 amide bonds. The third-order valence-corrected chi connectivity index (χ3v) is 8.62. The highest BCUT2D eigenvalue weighted by atomic mass is 16.1. The third kappa shape index (κ3) is 5.95. The van der Waals surface area contributed by atoms with Crippen molar-refractivity contribution >= 4 is 22.6 Å². The van der Waals surface area contributed by atoms with E-state index in [1.165, 1.54) is 25.7 Å². The molecule has 2 aromatic rings. The van der Waals surface area contributed by atoms with Crippen LogP contribution in [0.1, 0.15) is 66.1 Å². The Balaban J connectivity index is 1.41. The number of hydrogen-bond donors (Lipinski definition) is 2. The first-order valence-corrected chi connectivity index (χ1v) is 13.5. The molecule has 2 aliphatic rings. The number of benzene rings is 1. The van der Waals surface area contributed by atoms with Gasteiger partial charge in [0.05, 0.1) is 12.1 Å². The van der Waals surface area contributed by atoms with Crippen LogP contribution in [0.15, 0.2) is 24.3 Å². The number of hydrogen-bond acceptors (Lipinski definition) is 6. The number of fused-ring (bicyclic) bond motifs is 1. The molecule has 1 aromatic carbocycles. The van der Waals surface area contributed by atoms with Crippen molar-refractivity contribution in [3.8, 4) is 0 Å². The van der Waals surface area contributed by atoms with Gasteiger partial charge in [0.2, 0.25) is 5.91 Å². The maximum atomic E-state index is 12.0.